The maximum absolute atomic E-state index is 12.1. The maximum Gasteiger partial charge on any atom is 0.228 e. The van der Waals surface area contributed by atoms with E-state index >= 15 is 0 Å². The van der Waals surface area contributed by atoms with Gasteiger partial charge in [0.25, 0.3) is 0 Å². The highest BCUT2D eigenvalue weighted by atomic mass is 35.5. The lowest BCUT2D eigenvalue weighted by molar-refractivity contribution is -0.115. The molecule has 1 aliphatic heterocycles. The second-order valence-corrected chi connectivity index (χ2v) is 6.30. The zero-order valence-electron chi connectivity index (χ0n) is 13.1. The molecule has 0 saturated carbocycles. The number of phenols is 1. The number of halogens is 2. The molecular formula is C17H16Cl2N4O2. The molecule has 2 aromatic carbocycles. The number of nitrogens with zero attached hydrogens (tertiary/aromatic N) is 1. The van der Waals surface area contributed by atoms with Crippen molar-refractivity contribution in [2.45, 2.75) is 6.42 Å². The smallest absolute Gasteiger partial charge is 0.228 e. The first-order valence-corrected chi connectivity index (χ1v) is 8.39. The topological polar surface area (TPSA) is 85.8 Å². The van der Waals surface area contributed by atoms with Crippen molar-refractivity contribution in [3.63, 3.8) is 0 Å². The number of hydrogen-bond acceptors (Lipinski definition) is 5. The van der Waals surface area contributed by atoms with Crippen molar-refractivity contribution in [1.82, 2.24) is 5.32 Å². The van der Waals surface area contributed by atoms with Gasteiger partial charge in [-0.25, -0.2) is 0 Å². The van der Waals surface area contributed by atoms with Gasteiger partial charge in [-0.2, -0.15) is 0 Å². The van der Waals surface area contributed by atoms with Crippen LogP contribution in [0.5, 0.6) is 5.75 Å². The Morgan fingerprint density at radius 2 is 1.88 bits per heavy atom. The third kappa shape index (κ3) is 4.55. The van der Waals surface area contributed by atoms with E-state index in [1.165, 1.54) is 12.1 Å². The Bertz CT molecular complexity index is 799. The molecule has 8 heteroatoms. The number of hydrogen-bond donors (Lipinski definition) is 4. The fraction of sp³-hybridized carbons (Fsp3) is 0.176. The van der Waals surface area contributed by atoms with E-state index in [1.54, 1.807) is 24.3 Å². The molecule has 0 unspecified atom stereocenters. The summed E-state index contributed by atoms with van der Waals surface area (Å²) in [7, 11) is 0. The third-order valence-electron chi connectivity index (χ3n) is 3.54. The minimum Gasteiger partial charge on any atom is -0.508 e. The van der Waals surface area contributed by atoms with Gasteiger partial charge in [0.15, 0.2) is 5.96 Å². The highest BCUT2D eigenvalue weighted by molar-refractivity contribution is 6.40. The van der Waals surface area contributed by atoms with Gasteiger partial charge in [-0.05, 0) is 29.8 Å². The Morgan fingerprint density at radius 3 is 2.48 bits per heavy atom. The summed E-state index contributed by atoms with van der Waals surface area (Å²) in [5, 5.41) is 18.9. The van der Waals surface area contributed by atoms with Crippen LogP contribution in [0.4, 0.5) is 11.4 Å². The monoisotopic (exact) mass is 378 g/mol. The Kier molecular flexibility index (Phi) is 5.31. The standard InChI is InChI=1S/C17H16Cl2N4O2/c18-13-8-11(9-14(19)16(13)23-17-20-5-6-21-17)22-15(25)7-10-1-3-12(24)4-2-10/h1-4,8-9,24H,5-7H2,(H,22,25)(H2,20,21,23). The predicted molar refractivity (Wildman–Crippen MR) is 101 cm³/mol. The fourth-order valence-electron chi connectivity index (χ4n) is 2.37. The van der Waals surface area contributed by atoms with Crippen LogP contribution in [0.2, 0.25) is 10.0 Å². The average Bonchev–Trinajstić information content (AvgIpc) is 3.06. The number of carbonyl (C=O) groups excluding carboxylic acids is 1. The molecule has 130 valence electrons. The Balaban J connectivity index is 1.68. The number of amides is 1. The summed E-state index contributed by atoms with van der Waals surface area (Å²) in [6, 6.07) is 9.71. The van der Waals surface area contributed by atoms with E-state index in [4.69, 9.17) is 23.2 Å². The molecule has 0 atom stereocenters. The van der Waals surface area contributed by atoms with Crippen molar-refractivity contribution >= 4 is 46.4 Å². The van der Waals surface area contributed by atoms with E-state index in [2.05, 4.69) is 20.9 Å². The van der Waals surface area contributed by atoms with E-state index < -0.39 is 0 Å². The average molecular weight is 379 g/mol. The van der Waals surface area contributed by atoms with Gasteiger partial charge in [0.1, 0.15) is 5.75 Å². The molecule has 0 aliphatic carbocycles. The van der Waals surface area contributed by atoms with Crippen molar-refractivity contribution in [1.29, 1.82) is 0 Å². The first-order valence-electron chi connectivity index (χ1n) is 7.63. The van der Waals surface area contributed by atoms with Crippen LogP contribution in [0.25, 0.3) is 0 Å². The largest absolute Gasteiger partial charge is 0.508 e. The number of benzene rings is 2. The van der Waals surface area contributed by atoms with E-state index in [1.807, 2.05) is 0 Å². The van der Waals surface area contributed by atoms with Gasteiger partial charge >= 0.3 is 0 Å². The Labute approximate surface area is 154 Å². The van der Waals surface area contributed by atoms with Gasteiger partial charge in [-0.3, -0.25) is 9.79 Å². The lowest BCUT2D eigenvalue weighted by Gasteiger charge is -2.13. The van der Waals surface area contributed by atoms with Crippen LogP contribution in [0, 0.1) is 0 Å². The molecule has 0 spiro atoms. The summed E-state index contributed by atoms with van der Waals surface area (Å²) in [4.78, 5) is 16.4. The molecule has 4 N–H and O–H groups in total. The lowest BCUT2D eigenvalue weighted by atomic mass is 10.1. The predicted octanol–water partition coefficient (Wildman–Crippen LogP) is 3.25. The van der Waals surface area contributed by atoms with E-state index in [0.29, 0.717) is 33.9 Å². The van der Waals surface area contributed by atoms with Crippen LogP contribution in [-0.2, 0) is 11.2 Å². The summed E-state index contributed by atoms with van der Waals surface area (Å²) in [6.07, 6.45) is 0.177. The van der Waals surface area contributed by atoms with Crippen LogP contribution in [0.1, 0.15) is 5.56 Å². The van der Waals surface area contributed by atoms with Crippen molar-refractivity contribution < 1.29 is 9.90 Å². The molecule has 0 aromatic heterocycles. The zero-order chi connectivity index (χ0) is 17.8. The molecule has 1 amide bonds. The molecule has 0 saturated heterocycles. The summed E-state index contributed by atoms with van der Waals surface area (Å²) in [6.45, 7) is 1.46. The first-order chi connectivity index (χ1) is 12.0. The van der Waals surface area contributed by atoms with Gasteiger partial charge in [-0.1, -0.05) is 35.3 Å². The van der Waals surface area contributed by atoms with Crippen LogP contribution in [0.3, 0.4) is 0 Å². The molecular weight excluding hydrogens is 363 g/mol. The number of nitrogens with one attached hydrogen (secondary N) is 3. The van der Waals surface area contributed by atoms with Crippen LogP contribution in [0.15, 0.2) is 41.4 Å². The summed E-state index contributed by atoms with van der Waals surface area (Å²) >= 11 is 12.5. The molecule has 6 nitrogen and oxygen atoms in total. The third-order valence-corrected chi connectivity index (χ3v) is 4.14. The second-order valence-electron chi connectivity index (χ2n) is 5.49. The van der Waals surface area contributed by atoms with Gasteiger partial charge in [-0.15, -0.1) is 0 Å². The molecule has 3 rings (SSSR count). The lowest BCUT2D eigenvalue weighted by Crippen LogP contribution is -2.26. The second kappa shape index (κ2) is 7.63. The number of phenolic OH excluding ortho intramolecular Hbond substituents is 1. The molecule has 1 heterocycles. The van der Waals surface area contributed by atoms with Gasteiger partial charge < -0.3 is 21.1 Å². The number of anilines is 2. The van der Waals surface area contributed by atoms with Crippen LogP contribution >= 0.6 is 23.2 Å². The van der Waals surface area contributed by atoms with Crippen molar-refractivity contribution in [2.24, 2.45) is 4.99 Å². The Hall–Kier alpha value is -2.44. The van der Waals surface area contributed by atoms with Crippen LogP contribution in [-0.4, -0.2) is 30.1 Å². The van der Waals surface area contributed by atoms with Crippen molar-refractivity contribution in [3.8, 4) is 5.75 Å². The quantitative estimate of drug-likeness (QED) is 0.657. The SMILES string of the molecule is O=C(Cc1ccc(O)cc1)Nc1cc(Cl)c(NC2=NCCN2)c(Cl)c1. The van der Waals surface area contributed by atoms with Crippen molar-refractivity contribution in [3.05, 3.63) is 52.0 Å². The minimum atomic E-state index is -0.208. The molecule has 2 aromatic rings. The van der Waals surface area contributed by atoms with Crippen molar-refractivity contribution in [2.75, 3.05) is 23.7 Å². The maximum atomic E-state index is 12.1. The number of carbonyl (C=O) groups is 1. The number of aromatic hydroxyl groups is 1. The van der Waals surface area contributed by atoms with E-state index in [9.17, 15) is 9.90 Å². The van der Waals surface area contributed by atoms with E-state index in [0.717, 1.165) is 12.1 Å². The molecule has 0 radical (unpaired) electrons. The number of rotatable bonds is 4. The molecule has 0 fully saturated rings. The molecule has 0 bridgehead atoms. The number of guanidine groups is 1. The van der Waals surface area contributed by atoms with Gasteiger partial charge in [0.05, 0.1) is 28.7 Å². The summed E-state index contributed by atoms with van der Waals surface area (Å²) in [5.41, 5.74) is 1.83. The highest BCUT2D eigenvalue weighted by Gasteiger charge is 2.14. The zero-order valence-corrected chi connectivity index (χ0v) is 14.7. The molecule has 1 aliphatic rings. The molecule has 25 heavy (non-hydrogen) atoms. The highest BCUT2D eigenvalue weighted by Crippen LogP contribution is 2.34. The normalized spacial score (nSPS) is 13.1. The Morgan fingerprint density at radius 1 is 1.20 bits per heavy atom. The van der Waals surface area contributed by atoms with Crippen LogP contribution < -0.4 is 16.0 Å². The first kappa shape index (κ1) is 17.4. The fourth-order valence-corrected chi connectivity index (χ4v) is 2.95. The number of aliphatic imine (C=N–C) groups is 1. The van der Waals surface area contributed by atoms with Gasteiger partial charge in [0.2, 0.25) is 5.91 Å². The van der Waals surface area contributed by atoms with Gasteiger partial charge in [0, 0.05) is 12.2 Å². The van der Waals surface area contributed by atoms with E-state index in [-0.39, 0.29) is 18.1 Å². The minimum absolute atomic E-state index is 0.159. The summed E-state index contributed by atoms with van der Waals surface area (Å²) in [5.74, 6) is 0.570. The summed E-state index contributed by atoms with van der Waals surface area (Å²) < 4.78 is 0.